The third kappa shape index (κ3) is 3.32. The molecule has 1 amide bonds. The Morgan fingerprint density at radius 2 is 2.37 bits per heavy atom. The molecular weight excluding hydrogens is 242 g/mol. The van der Waals surface area contributed by atoms with Gasteiger partial charge in [0.25, 0.3) is 0 Å². The molecule has 1 atom stereocenters. The Labute approximate surface area is 112 Å². The van der Waals surface area contributed by atoms with Gasteiger partial charge < -0.3 is 15.4 Å². The van der Waals surface area contributed by atoms with Gasteiger partial charge in [-0.05, 0) is 30.5 Å². The SMILES string of the molecule is CCC(CO)C(=O)NCCc1ccc2nc[nH]c2c1. The van der Waals surface area contributed by atoms with Crippen LogP contribution in [0, 0.1) is 5.92 Å². The van der Waals surface area contributed by atoms with Crippen LogP contribution in [0.3, 0.4) is 0 Å². The first-order valence-electron chi connectivity index (χ1n) is 6.55. The van der Waals surface area contributed by atoms with Gasteiger partial charge in [0.05, 0.1) is 29.9 Å². The van der Waals surface area contributed by atoms with E-state index in [0.717, 1.165) is 23.0 Å². The number of fused-ring (bicyclic) bond motifs is 1. The average Bonchev–Trinajstić information content (AvgIpc) is 2.87. The quantitative estimate of drug-likeness (QED) is 0.732. The monoisotopic (exact) mass is 261 g/mol. The van der Waals surface area contributed by atoms with Gasteiger partial charge in [-0.3, -0.25) is 4.79 Å². The molecule has 0 aliphatic heterocycles. The lowest BCUT2D eigenvalue weighted by atomic mass is 10.1. The van der Waals surface area contributed by atoms with Crippen molar-refractivity contribution in [3.63, 3.8) is 0 Å². The van der Waals surface area contributed by atoms with Gasteiger partial charge in [0.15, 0.2) is 0 Å². The number of rotatable bonds is 6. The number of aliphatic hydroxyl groups excluding tert-OH is 1. The Morgan fingerprint density at radius 3 is 3.11 bits per heavy atom. The molecule has 2 rings (SSSR count). The summed E-state index contributed by atoms with van der Waals surface area (Å²) in [5, 5.41) is 11.9. The van der Waals surface area contributed by atoms with E-state index in [1.165, 1.54) is 0 Å². The first-order valence-corrected chi connectivity index (χ1v) is 6.55. The molecule has 0 saturated heterocycles. The minimum Gasteiger partial charge on any atom is -0.396 e. The molecule has 1 heterocycles. The maximum absolute atomic E-state index is 11.7. The van der Waals surface area contributed by atoms with E-state index >= 15 is 0 Å². The van der Waals surface area contributed by atoms with Gasteiger partial charge in [0, 0.05) is 6.54 Å². The van der Waals surface area contributed by atoms with Gasteiger partial charge in [-0.2, -0.15) is 0 Å². The summed E-state index contributed by atoms with van der Waals surface area (Å²) in [6.07, 6.45) is 3.09. The van der Waals surface area contributed by atoms with Crippen molar-refractivity contribution in [1.82, 2.24) is 15.3 Å². The van der Waals surface area contributed by atoms with Crippen molar-refractivity contribution >= 4 is 16.9 Å². The Morgan fingerprint density at radius 1 is 1.53 bits per heavy atom. The fraction of sp³-hybridized carbons (Fsp3) is 0.429. The van der Waals surface area contributed by atoms with Crippen LogP contribution in [0.4, 0.5) is 0 Å². The number of amides is 1. The lowest BCUT2D eigenvalue weighted by Crippen LogP contribution is -2.33. The molecule has 102 valence electrons. The predicted molar refractivity (Wildman–Crippen MR) is 73.7 cm³/mol. The van der Waals surface area contributed by atoms with Gasteiger partial charge >= 0.3 is 0 Å². The predicted octanol–water partition coefficient (Wildman–Crippen LogP) is 1.24. The molecule has 0 bridgehead atoms. The molecule has 3 N–H and O–H groups in total. The average molecular weight is 261 g/mol. The minimum atomic E-state index is -0.296. The van der Waals surface area contributed by atoms with Crippen molar-refractivity contribution in [2.75, 3.05) is 13.2 Å². The summed E-state index contributed by atoms with van der Waals surface area (Å²) in [5.41, 5.74) is 3.10. The minimum absolute atomic E-state index is 0.0763. The first kappa shape index (κ1) is 13.5. The highest BCUT2D eigenvalue weighted by atomic mass is 16.3. The van der Waals surface area contributed by atoms with Crippen LogP contribution in [-0.4, -0.2) is 34.1 Å². The zero-order valence-corrected chi connectivity index (χ0v) is 11.0. The van der Waals surface area contributed by atoms with E-state index in [2.05, 4.69) is 15.3 Å². The van der Waals surface area contributed by atoms with Gasteiger partial charge in [0.1, 0.15) is 0 Å². The molecule has 0 aliphatic rings. The van der Waals surface area contributed by atoms with Crippen molar-refractivity contribution < 1.29 is 9.90 Å². The third-order valence-corrected chi connectivity index (χ3v) is 3.28. The molecule has 0 radical (unpaired) electrons. The van der Waals surface area contributed by atoms with E-state index in [1.807, 2.05) is 25.1 Å². The second kappa shape index (κ2) is 6.33. The Balaban J connectivity index is 1.86. The zero-order valence-electron chi connectivity index (χ0n) is 11.0. The maximum atomic E-state index is 11.7. The van der Waals surface area contributed by atoms with E-state index in [0.29, 0.717) is 13.0 Å². The van der Waals surface area contributed by atoms with Crippen LogP contribution in [0.2, 0.25) is 0 Å². The largest absolute Gasteiger partial charge is 0.396 e. The highest BCUT2D eigenvalue weighted by Gasteiger charge is 2.14. The number of carbonyl (C=O) groups excluding carboxylic acids is 1. The molecule has 5 nitrogen and oxygen atoms in total. The summed E-state index contributed by atoms with van der Waals surface area (Å²) >= 11 is 0. The molecule has 1 aromatic carbocycles. The topological polar surface area (TPSA) is 78.0 Å². The van der Waals surface area contributed by atoms with Crippen molar-refractivity contribution in [3.8, 4) is 0 Å². The summed E-state index contributed by atoms with van der Waals surface area (Å²) < 4.78 is 0. The molecule has 1 unspecified atom stereocenters. The van der Waals surface area contributed by atoms with Crippen LogP contribution in [0.5, 0.6) is 0 Å². The van der Waals surface area contributed by atoms with E-state index < -0.39 is 0 Å². The Kier molecular flexibility index (Phi) is 4.52. The number of aromatic nitrogens is 2. The van der Waals surface area contributed by atoms with E-state index in [4.69, 9.17) is 5.11 Å². The zero-order chi connectivity index (χ0) is 13.7. The summed E-state index contributed by atoms with van der Waals surface area (Å²) in [7, 11) is 0. The van der Waals surface area contributed by atoms with Gasteiger partial charge in [-0.1, -0.05) is 13.0 Å². The molecular formula is C14H19N3O2. The second-order valence-corrected chi connectivity index (χ2v) is 4.58. The molecule has 1 aromatic heterocycles. The Hall–Kier alpha value is -1.88. The number of aromatic amines is 1. The van der Waals surface area contributed by atoms with Crippen LogP contribution in [0.15, 0.2) is 24.5 Å². The van der Waals surface area contributed by atoms with Crippen LogP contribution >= 0.6 is 0 Å². The molecule has 0 fully saturated rings. The normalized spacial score (nSPS) is 12.5. The number of nitrogens with zero attached hydrogens (tertiary/aromatic N) is 1. The fourth-order valence-electron chi connectivity index (χ4n) is 2.01. The number of aliphatic hydroxyl groups is 1. The number of nitrogens with one attached hydrogen (secondary N) is 2. The molecule has 0 spiro atoms. The molecule has 5 heteroatoms. The van der Waals surface area contributed by atoms with Crippen LogP contribution in [0.25, 0.3) is 11.0 Å². The number of benzene rings is 1. The summed E-state index contributed by atoms with van der Waals surface area (Å²) in [6.45, 7) is 2.38. The van der Waals surface area contributed by atoms with E-state index in [1.54, 1.807) is 6.33 Å². The molecule has 2 aromatic rings. The standard InChI is InChI=1S/C14H19N3O2/c1-2-11(8-18)14(19)15-6-5-10-3-4-12-13(7-10)17-9-16-12/h3-4,7,9,11,18H,2,5-6,8H2,1H3,(H,15,19)(H,16,17). The van der Waals surface area contributed by atoms with E-state index in [-0.39, 0.29) is 18.4 Å². The van der Waals surface area contributed by atoms with E-state index in [9.17, 15) is 4.79 Å². The summed E-state index contributed by atoms with van der Waals surface area (Å²) in [5.74, 6) is -0.372. The van der Waals surface area contributed by atoms with Gasteiger partial charge in [-0.15, -0.1) is 0 Å². The number of H-pyrrole nitrogens is 1. The number of hydrogen-bond acceptors (Lipinski definition) is 3. The van der Waals surface area contributed by atoms with Gasteiger partial charge in [0.2, 0.25) is 5.91 Å². The highest BCUT2D eigenvalue weighted by molar-refractivity contribution is 5.78. The second-order valence-electron chi connectivity index (χ2n) is 4.58. The molecule has 19 heavy (non-hydrogen) atoms. The maximum Gasteiger partial charge on any atom is 0.225 e. The van der Waals surface area contributed by atoms with Crippen LogP contribution in [0.1, 0.15) is 18.9 Å². The number of carbonyl (C=O) groups is 1. The summed E-state index contributed by atoms with van der Waals surface area (Å²) in [6, 6.07) is 6.02. The first-order chi connectivity index (χ1) is 9.24. The number of hydrogen-bond donors (Lipinski definition) is 3. The molecule has 0 saturated carbocycles. The fourth-order valence-corrected chi connectivity index (χ4v) is 2.01. The van der Waals surface area contributed by atoms with Gasteiger partial charge in [-0.25, -0.2) is 4.98 Å². The van der Waals surface area contributed by atoms with Crippen molar-refractivity contribution in [3.05, 3.63) is 30.1 Å². The highest BCUT2D eigenvalue weighted by Crippen LogP contribution is 2.11. The van der Waals surface area contributed by atoms with Crippen molar-refractivity contribution in [1.29, 1.82) is 0 Å². The van der Waals surface area contributed by atoms with Crippen LogP contribution in [-0.2, 0) is 11.2 Å². The van der Waals surface area contributed by atoms with Crippen molar-refractivity contribution in [2.24, 2.45) is 5.92 Å². The lowest BCUT2D eigenvalue weighted by molar-refractivity contribution is -0.126. The number of imidazole rings is 1. The van der Waals surface area contributed by atoms with Crippen LogP contribution < -0.4 is 5.32 Å². The molecule has 0 aliphatic carbocycles. The Bertz CT molecular complexity index is 546. The van der Waals surface area contributed by atoms with Crippen molar-refractivity contribution in [2.45, 2.75) is 19.8 Å². The third-order valence-electron chi connectivity index (χ3n) is 3.28. The summed E-state index contributed by atoms with van der Waals surface area (Å²) in [4.78, 5) is 18.9. The lowest BCUT2D eigenvalue weighted by Gasteiger charge is -2.12. The smallest absolute Gasteiger partial charge is 0.225 e.